The van der Waals surface area contributed by atoms with E-state index in [1.54, 1.807) is 18.5 Å². The molecule has 128 valence electrons. The van der Waals surface area contributed by atoms with Gasteiger partial charge in [-0.2, -0.15) is 0 Å². The second kappa shape index (κ2) is 6.01. The van der Waals surface area contributed by atoms with Crippen molar-refractivity contribution < 1.29 is 14.3 Å². The summed E-state index contributed by atoms with van der Waals surface area (Å²) in [6, 6.07) is 6.02. The Morgan fingerprint density at radius 1 is 1.32 bits per heavy atom. The molecule has 5 nitrogen and oxygen atoms in total. The van der Waals surface area contributed by atoms with Crippen LogP contribution < -0.4 is 9.47 Å². The minimum atomic E-state index is -0.0913. The molecule has 0 radical (unpaired) electrons. The second-order valence-electron chi connectivity index (χ2n) is 6.71. The van der Waals surface area contributed by atoms with Crippen molar-refractivity contribution in [2.75, 3.05) is 6.73 Å². The van der Waals surface area contributed by atoms with Gasteiger partial charge >= 0.3 is 0 Å². The van der Waals surface area contributed by atoms with Gasteiger partial charge < -0.3 is 9.47 Å². The number of carbonyl (C=O) groups is 1. The van der Waals surface area contributed by atoms with Gasteiger partial charge in [-0.25, -0.2) is 0 Å². The third-order valence-corrected chi connectivity index (χ3v) is 4.68. The number of allylic oxidation sites excluding steroid dienone is 1. The van der Waals surface area contributed by atoms with Crippen molar-refractivity contribution in [2.24, 2.45) is 0 Å². The molecule has 25 heavy (non-hydrogen) atoms. The zero-order valence-electron chi connectivity index (χ0n) is 14.6. The van der Waals surface area contributed by atoms with E-state index in [1.807, 2.05) is 25.1 Å². The fraction of sp³-hybridized carbons (Fsp3) is 0.300. The Kier molecular flexibility index (Phi) is 3.81. The first-order chi connectivity index (χ1) is 12.0. The lowest BCUT2D eigenvalue weighted by atomic mass is 9.99. The third kappa shape index (κ3) is 2.70. The molecule has 0 unspecified atom stereocenters. The Morgan fingerprint density at radius 3 is 2.88 bits per heavy atom. The minimum absolute atomic E-state index is 0.0913. The summed E-state index contributed by atoms with van der Waals surface area (Å²) in [6.45, 7) is 7.55. The van der Waals surface area contributed by atoms with Crippen molar-refractivity contribution in [3.63, 3.8) is 0 Å². The molecule has 0 amide bonds. The highest BCUT2D eigenvalue weighted by molar-refractivity contribution is 6.15. The summed E-state index contributed by atoms with van der Waals surface area (Å²) in [4.78, 5) is 19.1. The van der Waals surface area contributed by atoms with Gasteiger partial charge in [0.05, 0.1) is 5.56 Å². The van der Waals surface area contributed by atoms with Crippen molar-refractivity contribution in [1.29, 1.82) is 0 Å². The van der Waals surface area contributed by atoms with Crippen LogP contribution in [0.3, 0.4) is 0 Å². The largest absolute Gasteiger partial charge is 0.477 e. The lowest BCUT2D eigenvalue weighted by Crippen LogP contribution is -2.37. The van der Waals surface area contributed by atoms with E-state index in [9.17, 15) is 4.79 Å². The molecule has 0 atom stereocenters. The number of fused-ring (bicyclic) bond motifs is 2. The van der Waals surface area contributed by atoms with Gasteiger partial charge in [0.1, 0.15) is 18.2 Å². The summed E-state index contributed by atoms with van der Waals surface area (Å²) in [6.07, 6.45) is 5.13. The van der Waals surface area contributed by atoms with Crippen LogP contribution in [0.4, 0.5) is 0 Å². The van der Waals surface area contributed by atoms with Crippen molar-refractivity contribution in [3.05, 3.63) is 58.6 Å². The Labute approximate surface area is 146 Å². The molecular weight excluding hydrogens is 316 g/mol. The molecule has 0 N–H and O–H groups in total. The molecule has 3 heterocycles. The van der Waals surface area contributed by atoms with Gasteiger partial charge in [0.15, 0.2) is 5.76 Å². The van der Waals surface area contributed by atoms with Crippen molar-refractivity contribution in [2.45, 2.75) is 33.4 Å². The van der Waals surface area contributed by atoms with Gasteiger partial charge in [0, 0.05) is 36.1 Å². The number of benzene rings is 1. The molecule has 2 aliphatic heterocycles. The van der Waals surface area contributed by atoms with E-state index in [0.717, 1.165) is 29.0 Å². The number of ketones is 1. The average Bonchev–Trinajstić information content (AvgIpc) is 2.92. The van der Waals surface area contributed by atoms with Gasteiger partial charge in [0.2, 0.25) is 5.78 Å². The zero-order valence-corrected chi connectivity index (χ0v) is 14.6. The van der Waals surface area contributed by atoms with Crippen LogP contribution in [0.1, 0.15) is 40.9 Å². The third-order valence-electron chi connectivity index (χ3n) is 4.68. The van der Waals surface area contributed by atoms with Crippen LogP contribution in [0, 0.1) is 6.92 Å². The normalized spacial score (nSPS) is 18.1. The van der Waals surface area contributed by atoms with Crippen LogP contribution in [0.15, 0.2) is 36.4 Å². The monoisotopic (exact) mass is 336 g/mol. The van der Waals surface area contributed by atoms with Crippen LogP contribution in [0.25, 0.3) is 6.08 Å². The molecule has 4 rings (SSSR count). The molecule has 0 bridgehead atoms. The summed E-state index contributed by atoms with van der Waals surface area (Å²) >= 11 is 0. The number of aromatic nitrogens is 1. The number of carbonyl (C=O) groups excluding carboxylic acids is 1. The topological polar surface area (TPSA) is 51.7 Å². The Hall–Kier alpha value is -2.66. The van der Waals surface area contributed by atoms with E-state index in [1.165, 1.54) is 0 Å². The lowest BCUT2D eigenvalue weighted by Gasteiger charge is -2.32. The van der Waals surface area contributed by atoms with E-state index >= 15 is 0 Å². The molecule has 1 aromatic carbocycles. The van der Waals surface area contributed by atoms with Gasteiger partial charge in [-0.3, -0.25) is 14.7 Å². The van der Waals surface area contributed by atoms with Crippen LogP contribution in [0.5, 0.6) is 11.5 Å². The van der Waals surface area contributed by atoms with E-state index in [2.05, 4.69) is 23.7 Å². The Bertz CT molecular complexity index is 872. The molecule has 0 aliphatic carbocycles. The van der Waals surface area contributed by atoms with E-state index in [0.29, 0.717) is 29.8 Å². The molecule has 1 aromatic heterocycles. The summed E-state index contributed by atoms with van der Waals surface area (Å²) in [5.74, 6) is 1.68. The first-order valence-corrected chi connectivity index (χ1v) is 8.42. The lowest BCUT2D eigenvalue weighted by molar-refractivity contribution is 0.0678. The van der Waals surface area contributed by atoms with Crippen LogP contribution in [0.2, 0.25) is 0 Å². The number of nitrogens with zero attached hydrogens (tertiary/aromatic N) is 2. The smallest absolute Gasteiger partial charge is 0.231 e. The minimum Gasteiger partial charge on any atom is -0.477 e. The van der Waals surface area contributed by atoms with Crippen LogP contribution in [-0.4, -0.2) is 28.4 Å². The van der Waals surface area contributed by atoms with Gasteiger partial charge in [0.25, 0.3) is 0 Å². The molecule has 0 saturated carbocycles. The van der Waals surface area contributed by atoms with Crippen LogP contribution >= 0.6 is 0 Å². The molecule has 0 spiro atoms. The molecule has 2 aliphatic rings. The maximum atomic E-state index is 12.8. The highest BCUT2D eigenvalue weighted by Crippen LogP contribution is 2.43. The number of rotatable bonds is 2. The predicted molar refractivity (Wildman–Crippen MR) is 94.5 cm³/mol. The van der Waals surface area contributed by atoms with E-state index in [-0.39, 0.29) is 5.78 Å². The first kappa shape index (κ1) is 15.8. The fourth-order valence-electron chi connectivity index (χ4n) is 3.21. The Morgan fingerprint density at radius 2 is 2.16 bits per heavy atom. The number of hydrogen-bond acceptors (Lipinski definition) is 5. The zero-order chi connectivity index (χ0) is 17.6. The second-order valence-corrected chi connectivity index (χ2v) is 6.71. The molecular formula is C20H20N2O3. The summed E-state index contributed by atoms with van der Waals surface area (Å²) in [5.41, 5.74) is 3.37. The van der Waals surface area contributed by atoms with Crippen LogP contribution in [-0.2, 0) is 6.54 Å². The van der Waals surface area contributed by atoms with Crippen molar-refractivity contribution in [1.82, 2.24) is 9.88 Å². The molecule has 0 fully saturated rings. The standard InChI is InChI=1S/C20H20N2O3/c1-12(2)22-10-15-8-16-18(23)17(7-14-5-4-6-21-9-14)25-20(16)13(3)19(15)24-11-22/h4-9,12H,10-11H2,1-3H3/b17-7-. The number of pyridine rings is 1. The SMILES string of the molecule is Cc1c2c(cc3c1O/C(=C\c1cccnc1)C3=O)CN(C(C)C)CO2. The maximum absolute atomic E-state index is 12.8. The highest BCUT2D eigenvalue weighted by atomic mass is 16.5. The van der Waals surface area contributed by atoms with Crippen molar-refractivity contribution >= 4 is 11.9 Å². The van der Waals surface area contributed by atoms with Gasteiger partial charge in [-0.1, -0.05) is 6.07 Å². The molecule has 0 saturated heterocycles. The number of ether oxygens (including phenoxy) is 2. The van der Waals surface area contributed by atoms with Gasteiger partial charge in [-0.05, 0) is 44.5 Å². The van der Waals surface area contributed by atoms with Gasteiger partial charge in [-0.15, -0.1) is 0 Å². The molecule has 2 aromatic rings. The summed E-state index contributed by atoms with van der Waals surface area (Å²) in [7, 11) is 0. The highest BCUT2D eigenvalue weighted by Gasteiger charge is 2.33. The average molecular weight is 336 g/mol. The molecule has 5 heteroatoms. The summed E-state index contributed by atoms with van der Waals surface area (Å²) < 4.78 is 11.8. The van der Waals surface area contributed by atoms with E-state index < -0.39 is 0 Å². The Balaban J connectivity index is 1.73. The summed E-state index contributed by atoms with van der Waals surface area (Å²) in [5, 5.41) is 0. The number of Topliss-reactive ketones (excluding diaryl/α,β-unsaturated/α-hetero) is 1. The van der Waals surface area contributed by atoms with E-state index in [4.69, 9.17) is 9.47 Å². The maximum Gasteiger partial charge on any atom is 0.231 e. The first-order valence-electron chi connectivity index (χ1n) is 8.42. The van der Waals surface area contributed by atoms with Crippen molar-refractivity contribution in [3.8, 4) is 11.5 Å². The number of hydrogen-bond donors (Lipinski definition) is 0. The predicted octanol–water partition coefficient (Wildman–Crippen LogP) is 3.57. The fourth-order valence-corrected chi connectivity index (χ4v) is 3.21. The quantitative estimate of drug-likeness (QED) is 0.785.